The lowest BCUT2D eigenvalue weighted by Gasteiger charge is -2.14. The number of carbonyl (C=O) groups excluding carboxylic acids is 1. The largest absolute Gasteiger partial charge is 0.491 e. The molecule has 0 unspecified atom stereocenters. The van der Waals surface area contributed by atoms with Gasteiger partial charge in [0.2, 0.25) is 5.91 Å². The predicted molar refractivity (Wildman–Crippen MR) is 80.7 cm³/mol. The Balaban J connectivity index is 2.98. The SMILES string of the molecule is Cc1cc(Br)cc(S(=O)(=O)Cl)c1OCCC(=O)N(C)C. The number of halogens is 2. The summed E-state index contributed by atoms with van der Waals surface area (Å²) >= 11 is 3.21. The Morgan fingerprint density at radius 2 is 2.00 bits per heavy atom. The quantitative estimate of drug-likeness (QED) is 0.732. The summed E-state index contributed by atoms with van der Waals surface area (Å²) in [5.41, 5.74) is 0.621. The molecule has 0 aliphatic carbocycles. The van der Waals surface area contributed by atoms with Crippen molar-refractivity contribution in [2.75, 3.05) is 20.7 Å². The molecule has 8 heteroatoms. The molecule has 112 valence electrons. The van der Waals surface area contributed by atoms with Gasteiger partial charge in [-0.15, -0.1) is 0 Å². The van der Waals surface area contributed by atoms with E-state index < -0.39 is 9.05 Å². The molecule has 0 aliphatic rings. The smallest absolute Gasteiger partial charge is 0.265 e. The van der Waals surface area contributed by atoms with Gasteiger partial charge in [-0.05, 0) is 24.6 Å². The summed E-state index contributed by atoms with van der Waals surface area (Å²) in [6.07, 6.45) is 0.157. The minimum atomic E-state index is -3.92. The lowest BCUT2D eigenvalue weighted by Crippen LogP contribution is -2.23. The molecule has 0 bridgehead atoms. The van der Waals surface area contributed by atoms with E-state index in [1.165, 1.54) is 11.0 Å². The molecule has 0 saturated carbocycles. The van der Waals surface area contributed by atoms with Crippen molar-refractivity contribution in [3.63, 3.8) is 0 Å². The van der Waals surface area contributed by atoms with Crippen molar-refractivity contribution in [3.05, 3.63) is 22.2 Å². The first kappa shape index (κ1) is 17.3. The van der Waals surface area contributed by atoms with Gasteiger partial charge in [0.1, 0.15) is 10.6 Å². The highest BCUT2D eigenvalue weighted by Crippen LogP contribution is 2.33. The van der Waals surface area contributed by atoms with E-state index in [0.717, 1.165) is 0 Å². The van der Waals surface area contributed by atoms with Gasteiger partial charge in [0.25, 0.3) is 9.05 Å². The van der Waals surface area contributed by atoms with E-state index >= 15 is 0 Å². The van der Waals surface area contributed by atoms with Gasteiger partial charge in [0.05, 0.1) is 13.0 Å². The standard InChI is InChI=1S/C12H15BrClNO4S/c1-8-6-9(13)7-10(20(14,17)18)12(8)19-5-4-11(16)15(2)3/h6-7H,4-5H2,1-3H3. The third kappa shape index (κ3) is 4.64. The Morgan fingerprint density at radius 1 is 1.40 bits per heavy atom. The number of rotatable bonds is 5. The summed E-state index contributed by atoms with van der Waals surface area (Å²) in [6, 6.07) is 3.09. The number of nitrogens with zero attached hydrogens (tertiary/aromatic N) is 1. The van der Waals surface area contributed by atoms with Gasteiger partial charge < -0.3 is 9.64 Å². The monoisotopic (exact) mass is 383 g/mol. The second kappa shape index (κ2) is 6.78. The Bertz CT molecular complexity index is 616. The molecule has 0 aliphatic heterocycles. The van der Waals surface area contributed by atoms with Crippen LogP contribution in [0.2, 0.25) is 0 Å². The lowest BCUT2D eigenvalue weighted by atomic mass is 10.2. The number of ether oxygens (including phenoxy) is 1. The molecule has 1 amide bonds. The number of benzene rings is 1. The van der Waals surface area contributed by atoms with Crippen LogP contribution in [0.5, 0.6) is 5.75 Å². The maximum Gasteiger partial charge on any atom is 0.265 e. The Kier molecular flexibility index (Phi) is 5.85. The first-order chi connectivity index (χ1) is 9.12. The summed E-state index contributed by atoms with van der Waals surface area (Å²) in [7, 11) is 4.75. The van der Waals surface area contributed by atoms with Gasteiger partial charge in [-0.1, -0.05) is 15.9 Å². The molecule has 0 radical (unpaired) electrons. The maximum absolute atomic E-state index is 11.6. The van der Waals surface area contributed by atoms with E-state index in [1.807, 2.05) is 0 Å². The molecule has 5 nitrogen and oxygen atoms in total. The van der Waals surface area contributed by atoms with Crippen LogP contribution in [0, 0.1) is 6.92 Å². The van der Waals surface area contributed by atoms with Crippen molar-refractivity contribution in [2.45, 2.75) is 18.2 Å². The highest BCUT2D eigenvalue weighted by molar-refractivity contribution is 9.10. The Labute approximate surface area is 131 Å². The van der Waals surface area contributed by atoms with Crippen LogP contribution in [0.4, 0.5) is 0 Å². The molecule has 1 aromatic carbocycles. The molecule has 0 aromatic heterocycles. The molecular formula is C12H15BrClNO4S. The van der Waals surface area contributed by atoms with Crippen LogP contribution in [0.25, 0.3) is 0 Å². The second-order valence-electron chi connectivity index (χ2n) is 4.37. The van der Waals surface area contributed by atoms with E-state index in [-0.39, 0.29) is 29.6 Å². The molecule has 0 fully saturated rings. The van der Waals surface area contributed by atoms with Gasteiger partial charge in [0.15, 0.2) is 0 Å². The van der Waals surface area contributed by atoms with E-state index in [2.05, 4.69) is 15.9 Å². The number of aryl methyl sites for hydroxylation is 1. The number of hydrogen-bond donors (Lipinski definition) is 0. The molecule has 0 saturated heterocycles. The van der Waals surface area contributed by atoms with Crippen molar-refractivity contribution in [3.8, 4) is 5.75 Å². The van der Waals surface area contributed by atoms with E-state index in [1.54, 1.807) is 27.1 Å². The van der Waals surface area contributed by atoms with Gasteiger partial charge in [-0.3, -0.25) is 4.79 Å². The number of amides is 1. The maximum atomic E-state index is 11.6. The molecule has 0 spiro atoms. The molecule has 1 rings (SSSR count). The zero-order valence-electron chi connectivity index (χ0n) is 11.3. The van der Waals surface area contributed by atoms with Crippen LogP contribution >= 0.6 is 26.6 Å². The van der Waals surface area contributed by atoms with Gasteiger partial charge >= 0.3 is 0 Å². The van der Waals surface area contributed by atoms with Crippen LogP contribution < -0.4 is 4.74 Å². The third-order valence-corrected chi connectivity index (χ3v) is 4.31. The Morgan fingerprint density at radius 3 is 2.50 bits per heavy atom. The minimum absolute atomic E-state index is 0.0822. The predicted octanol–water partition coefficient (Wildman–Crippen LogP) is 2.54. The topological polar surface area (TPSA) is 63.7 Å². The van der Waals surface area contributed by atoms with Crippen molar-refractivity contribution in [1.82, 2.24) is 4.90 Å². The second-order valence-corrected chi connectivity index (χ2v) is 7.82. The average molecular weight is 385 g/mol. The fourth-order valence-electron chi connectivity index (χ4n) is 1.53. The highest BCUT2D eigenvalue weighted by atomic mass is 79.9. The minimum Gasteiger partial charge on any atom is -0.491 e. The summed E-state index contributed by atoms with van der Waals surface area (Å²) in [5, 5.41) is 0. The first-order valence-corrected chi connectivity index (χ1v) is 8.81. The van der Waals surface area contributed by atoms with Crippen LogP contribution in [-0.4, -0.2) is 39.9 Å². The first-order valence-electron chi connectivity index (χ1n) is 5.70. The van der Waals surface area contributed by atoms with Crippen molar-refractivity contribution >= 4 is 41.6 Å². The zero-order chi connectivity index (χ0) is 15.5. The summed E-state index contributed by atoms with van der Waals surface area (Å²) in [5.74, 6) is 0.0739. The van der Waals surface area contributed by atoms with Crippen LogP contribution in [0.15, 0.2) is 21.5 Å². The molecular weight excluding hydrogens is 370 g/mol. The normalized spacial score (nSPS) is 11.2. The number of hydrogen-bond acceptors (Lipinski definition) is 4. The molecule has 20 heavy (non-hydrogen) atoms. The van der Waals surface area contributed by atoms with Crippen LogP contribution in [-0.2, 0) is 13.8 Å². The van der Waals surface area contributed by atoms with Crippen molar-refractivity contribution in [1.29, 1.82) is 0 Å². The molecule has 0 heterocycles. The molecule has 0 N–H and O–H groups in total. The van der Waals surface area contributed by atoms with Gasteiger partial charge in [-0.25, -0.2) is 8.42 Å². The van der Waals surface area contributed by atoms with Crippen molar-refractivity contribution in [2.24, 2.45) is 0 Å². The summed E-state index contributed by atoms with van der Waals surface area (Å²) in [4.78, 5) is 12.8. The van der Waals surface area contributed by atoms with Gasteiger partial charge in [-0.2, -0.15) is 0 Å². The average Bonchev–Trinajstić information content (AvgIpc) is 2.29. The third-order valence-electron chi connectivity index (χ3n) is 2.53. The highest BCUT2D eigenvalue weighted by Gasteiger charge is 2.20. The van der Waals surface area contributed by atoms with Crippen molar-refractivity contribution < 1.29 is 17.9 Å². The lowest BCUT2D eigenvalue weighted by molar-refractivity contribution is -0.129. The Hall–Kier alpha value is -0.790. The number of carbonyl (C=O) groups is 1. The fourth-order valence-corrected chi connectivity index (χ4v) is 3.31. The van der Waals surface area contributed by atoms with E-state index in [0.29, 0.717) is 10.0 Å². The fraction of sp³-hybridized carbons (Fsp3) is 0.417. The summed E-state index contributed by atoms with van der Waals surface area (Å²) in [6.45, 7) is 1.79. The molecule has 0 atom stereocenters. The van der Waals surface area contributed by atoms with E-state index in [9.17, 15) is 13.2 Å². The molecule has 1 aromatic rings. The van der Waals surface area contributed by atoms with Gasteiger partial charge in [0, 0.05) is 29.3 Å². The van der Waals surface area contributed by atoms with E-state index in [4.69, 9.17) is 15.4 Å². The zero-order valence-corrected chi connectivity index (χ0v) is 14.5. The van der Waals surface area contributed by atoms with Crippen LogP contribution in [0.1, 0.15) is 12.0 Å². The van der Waals surface area contributed by atoms with Crippen LogP contribution in [0.3, 0.4) is 0 Å². The summed E-state index contributed by atoms with van der Waals surface area (Å²) < 4.78 is 29.1.